The van der Waals surface area contributed by atoms with E-state index in [-0.39, 0.29) is 5.54 Å². The molecule has 3 nitrogen and oxygen atoms in total. The molecule has 1 aromatic rings. The fourth-order valence-corrected chi connectivity index (χ4v) is 2.83. The zero-order valence-electron chi connectivity index (χ0n) is 12.8. The molecule has 1 aromatic carbocycles. The number of hydrogen-bond donors (Lipinski definition) is 1. The largest absolute Gasteiger partial charge is 0.495 e. The zero-order valence-corrected chi connectivity index (χ0v) is 12.8. The van der Waals surface area contributed by atoms with Gasteiger partial charge in [0, 0.05) is 25.2 Å². The molecule has 1 aliphatic rings. The van der Waals surface area contributed by atoms with Crippen molar-refractivity contribution >= 4 is 5.69 Å². The molecule has 0 saturated carbocycles. The first-order valence-electron chi connectivity index (χ1n) is 7.11. The van der Waals surface area contributed by atoms with Gasteiger partial charge in [-0.15, -0.1) is 0 Å². The van der Waals surface area contributed by atoms with Gasteiger partial charge in [0.15, 0.2) is 0 Å². The zero-order chi connectivity index (χ0) is 14.0. The Hall–Kier alpha value is -1.22. The quantitative estimate of drug-likeness (QED) is 0.903. The number of likely N-dealkylation sites (N-methyl/N-ethyl adjacent to an activating group) is 1. The third kappa shape index (κ3) is 3.03. The molecule has 0 amide bonds. The highest BCUT2D eigenvalue weighted by molar-refractivity contribution is 5.60. The third-order valence-electron chi connectivity index (χ3n) is 4.14. The SMILES string of the molecule is CCc1ccc(OC)c(N(C)C2CNC(C)(C)C2)c1. The monoisotopic (exact) mass is 262 g/mol. The smallest absolute Gasteiger partial charge is 0.142 e. The Bertz CT molecular complexity index is 442. The lowest BCUT2D eigenvalue weighted by Gasteiger charge is -2.29. The molecule has 0 spiro atoms. The maximum atomic E-state index is 5.52. The van der Waals surface area contributed by atoms with E-state index in [9.17, 15) is 0 Å². The number of methoxy groups -OCH3 is 1. The average Bonchev–Trinajstić information content (AvgIpc) is 2.77. The molecule has 1 heterocycles. The summed E-state index contributed by atoms with van der Waals surface area (Å²) in [6, 6.07) is 7.01. The molecule has 1 N–H and O–H groups in total. The Labute approximate surface area is 116 Å². The van der Waals surface area contributed by atoms with Crippen LogP contribution in [-0.4, -0.2) is 32.3 Å². The van der Waals surface area contributed by atoms with Crippen LogP contribution in [0.2, 0.25) is 0 Å². The number of hydrogen-bond acceptors (Lipinski definition) is 3. The van der Waals surface area contributed by atoms with Crippen LogP contribution in [0.1, 0.15) is 32.8 Å². The van der Waals surface area contributed by atoms with Gasteiger partial charge >= 0.3 is 0 Å². The lowest BCUT2D eigenvalue weighted by Crippen LogP contribution is -2.33. The standard InChI is InChI=1S/C16H26N2O/c1-6-12-7-8-15(19-5)14(9-12)18(4)13-10-16(2,3)17-11-13/h7-9,13,17H,6,10-11H2,1-5H3. The maximum absolute atomic E-state index is 5.52. The van der Waals surface area contributed by atoms with E-state index in [4.69, 9.17) is 4.74 Å². The van der Waals surface area contributed by atoms with Crippen LogP contribution < -0.4 is 15.0 Å². The number of benzene rings is 1. The summed E-state index contributed by atoms with van der Waals surface area (Å²) < 4.78 is 5.52. The molecule has 1 fully saturated rings. The number of ether oxygens (including phenoxy) is 1. The molecular formula is C16H26N2O. The first-order chi connectivity index (χ1) is 8.96. The van der Waals surface area contributed by atoms with Gasteiger partial charge in [0.05, 0.1) is 12.8 Å². The van der Waals surface area contributed by atoms with E-state index < -0.39 is 0 Å². The summed E-state index contributed by atoms with van der Waals surface area (Å²) in [7, 11) is 3.92. The van der Waals surface area contributed by atoms with Crippen molar-refractivity contribution in [1.29, 1.82) is 0 Å². The molecule has 19 heavy (non-hydrogen) atoms. The Kier molecular flexibility index (Phi) is 4.04. The summed E-state index contributed by atoms with van der Waals surface area (Å²) in [6.07, 6.45) is 2.21. The van der Waals surface area contributed by atoms with Crippen molar-refractivity contribution in [3.8, 4) is 5.75 Å². The van der Waals surface area contributed by atoms with Crippen LogP contribution in [0.5, 0.6) is 5.75 Å². The first kappa shape index (κ1) is 14.2. The Balaban J connectivity index is 2.25. The van der Waals surface area contributed by atoms with E-state index in [1.165, 1.54) is 11.3 Å². The molecule has 0 bridgehead atoms. The predicted octanol–water partition coefficient (Wildman–Crippen LogP) is 2.83. The van der Waals surface area contributed by atoms with E-state index in [0.717, 1.165) is 25.1 Å². The van der Waals surface area contributed by atoms with Gasteiger partial charge in [-0.2, -0.15) is 0 Å². The van der Waals surface area contributed by atoms with Crippen LogP contribution in [0, 0.1) is 0 Å². The predicted molar refractivity (Wildman–Crippen MR) is 81.3 cm³/mol. The van der Waals surface area contributed by atoms with Gasteiger partial charge in [-0.25, -0.2) is 0 Å². The highest BCUT2D eigenvalue weighted by atomic mass is 16.5. The third-order valence-corrected chi connectivity index (χ3v) is 4.14. The average molecular weight is 262 g/mol. The second kappa shape index (κ2) is 5.41. The van der Waals surface area contributed by atoms with Gasteiger partial charge in [0.2, 0.25) is 0 Å². The summed E-state index contributed by atoms with van der Waals surface area (Å²) in [5, 5.41) is 3.58. The summed E-state index contributed by atoms with van der Waals surface area (Å²) in [6.45, 7) is 7.75. The lowest BCUT2D eigenvalue weighted by atomic mass is 10.0. The van der Waals surface area contributed by atoms with Gasteiger partial charge in [-0.3, -0.25) is 0 Å². The Morgan fingerprint density at radius 2 is 2.16 bits per heavy atom. The van der Waals surface area contributed by atoms with Crippen molar-refractivity contribution in [2.45, 2.75) is 45.2 Å². The van der Waals surface area contributed by atoms with Crippen LogP contribution >= 0.6 is 0 Å². The lowest BCUT2D eigenvalue weighted by molar-refractivity contribution is 0.412. The summed E-state index contributed by atoms with van der Waals surface area (Å²) in [5.74, 6) is 0.962. The van der Waals surface area contributed by atoms with Gasteiger partial charge in [0.25, 0.3) is 0 Å². The second-order valence-electron chi connectivity index (χ2n) is 6.09. The molecule has 3 heteroatoms. The molecule has 1 aliphatic heterocycles. The van der Waals surface area contributed by atoms with Crippen molar-refractivity contribution in [3.05, 3.63) is 23.8 Å². The minimum Gasteiger partial charge on any atom is -0.495 e. The Morgan fingerprint density at radius 1 is 1.42 bits per heavy atom. The summed E-state index contributed by atoms with van der Waals surface area (Å²) >= 11 is 0. The van der Waals surface area contributed by atoms with Gasteiger partial charge in [-0.05, 0) is 44.4 Å². The van der Waals surface area contributed by atoms with Gasteiger partial charge < -0.3 is 15.0 Å². The number of rotatable bonds is 4. The van der Waals surface area contributed by atoms with Gasteiger partial charge in [-0.1, -0.05) is 13.0 Å². The normalized spacial score (nSPS) is 21.4. The fraction of sp³-hybridized carbons (Fsp3) is 0.625. The molecule has 2 rings (SSSR count). The van der Waals surface area contributed by atoms with Crippen molar-refractivity contribution in [2.24, 2.45) is 0 Å². The molecule has 1 unspecified atom stereocenters. The summed E-state index contributed by atoms with van der Waals surface area (Å²) in [5.41, 5.74) is 2.79. The minimum atomic E-state index is 0.231. The Morgan fingerprint density at radius 3 is 2.68 bits per heavy atom. The van der Waals surface area contributed by atoms with Crippen LogP contribution in [0.25, 0.3) is 0 Å². The number of aryl methyl sites for hydroxylation is 1. The van der Waals surface area contributed by atoms with Crippen molar-refractivity contribution in [1.82, 2.24) is 5.32 Å². The van der Waals surface area contributed by atoms with E-state index in [1.807, 2.05) is 0 Å². The van der Waals surface area contributed by atoms with Gasteiger partial charge in [0.1, 0.15) is 5.75 Å². The second-order valence-corrected chi connectivity index (χ2v) is 6.09. The molecule has 0 aromatic heterocycles. The first-order valence-corrected chi connectivity index (χ1v) is 7.11. The van der Waals surface area contributed by atoms with Crippen LogP contribution in [0.15, 0.2) is 18.2 Å². The molecule has 0 radical (unpaired) electrons. The highest BCUT2D eigenvalue weighted by Gasteiger charge is 2.33. The van der Waals surface area contributed by atoms with E-state index in [2.05, 4.69) is 56.2 Å². The van der Waals surface area contributed by atoms with E-state index >= 15 is 0 Å². The van der Waals surface area contributed by atoms with Crippen molar-refractivity contribution in [2.75, 3.05) is 25.6 Å². The molecule has 0 aliphatic carbocycles. The van der Waals surface area contributed by atoms with E-state index in [1.54, 1.807) is 7.11 Å². The molecule has 1 saturated heterocycles. The fourth-order valence-electron chi connectivity index (χ4n) is 2.83. The van der Waals surface area contributed by atoms with Crippen molar-refractivity contribution < 1.29 is 4.74 Å². The topological polar surface area (TPSA) is 24.5 Å². The van der Waals surface area contributed by atoms with E-state index in [0.29, 0.717) is 6.04 Å². The molecular weight excluding hydrogens is 236 g/mol. The van der Waals surface area contributed by atoms with Crippen LogP contribution in [-0.2, 0) is 6.42 Å². The van der Waals surface area contributed by atoms with Crippen LogP contribution in [0.3, 0.4) is 0 Å². The summed E-state index contributed by atoms with van der Waals surface area (Å²) in [4.78, 5) is 2.36. The van der Waals surface area contributed by atoms with Crippen LogP contribution in [0.4, 0.5) is 5.69 Å². The van der Waals surface area contributed by atoms with Crippen molar-refractivity contribution in [3.63, 3.8) is 0 Å². The highest BCUT2D eigenvalue weighted by Crippen LogP contribution is 2.33. The molecule has 1 atom stereocenters. The minimum absolute atomic E-state index is 0.231. The number of anilines is 1. The molecule has 106 valence electrons. The maximum Gasteiger partial charge on any atom is 0.142 e. The number of nitrogens with zero attached hydrogens (tertiary/aromatic N) is 1. The number of nitrogens with one attached hydrogen (secondary N) is 1.